The summed E-state index contributed by atoms with van der Waals surface area (Å²) in [6.45, 7) is 153. The lowest BCUT2D eigenvalue weighted by molar-refractivity contribution is -0.0790. The van der Waals surface area contributed by atoms with Gasteiger partial charge in [0.1, 0.15) is 0 Å². The van der Waals surface area contributed by atoms with Crippen molar-refractivity contribution in [2.45, 2.75) is 471 Å². The van der Waals surface area contributed by atoms with Gasteiger partial charge in [0.25, 0.3) is 0 Å². The highest BCUT2D eigenvalue weighted by Crippen LogP contribution is 2.77. The molecule has 0 nitrogen and oxygen atoms in total. The topological polar surface area (TPSA) is 0 Å². The lowest BCUT2D eigenvalue weighted by atomic mass is 9.48. The van der Waals surface area contributed by atoms with Crippen molar-refractivity contribution in [3.8, 4) is 0 Å². The van der Waals surface area contributed by atoms with E-state index in [0.29, 0.717) is 92.1 Å². The van der Waals surface area contributed by atoms with Crippen molar-refractivity contribution in [2.24, 2.45) is 92.1 Å². The maximum Gasteiger partial charge on any atom is 0.00642 e. The molecule has 0 amide bonds. The van der Waals surface area contributed by atoms with Crippen molar-refractivity contribution < 1.29 is 0 Å². The average molecular weight is 1450 g/mol. The molecular formula is C103H208. The molecule has 1 saturated carbocycles. The first-order valence-corrected chi connectivity index (χ1v) is 40.7. The van der Waals surface area contributed by atoms with Crippen LogP contribution < -0.4 is 0 Å². The molecule has 2 rings (SSSR count). The van der Waals surface area contributed by atoms with Crippen LogP contribution in [0.15, 0.2) is 102 Å². The Bertz CT molecular complexity index is 2490. The van der Waals surface area contributed by atoms with E-state index < -0.39 is 0 Å². The second-order valence-electron chi connectivity index (χ2n) is 46.9. The predicted molar refractivity (Wildman–Crippen MR) is 495 cm³/mol. The SMILES string of the molecule is C/C(=C(\C)C(C)(C)C)C(C)(C)C.CC(C)(C)C.CC(C)(C)C(C)(C)C.CC(C)(C)C(C)(C)C(C)(C)C(C)(C)C.CC(C)=C(C)C.CC(C)=C(C)C(C)(C)C.CC(C)=C(C)C(C)(C)C(C)(C)C.CC(C)=C(C)C(C)=C(C)C.CC1(C)C(C)(C)C1(C)C.CC1=C(C)C1(C)C.CC=CC.CC=CC(C)(C)C. The largest absolute Gasteiger partial charge is 0.0919 e. The van der Waals surface area contributed by atoms with Crippen molar-refractivity contribution in [1.29, 1.82) is 0 Å². The van der Waals surface area contributed by atoms with E-state index in [2.05, 4.69) is 462 Å². The zero-order valence-corrected chi connectivity index (χ0v) is 85.8. The number of hydrogen-bond donors (Lipinski definition) is 0. The molecule has 0 N–H and O–H groups in total. The third-order valence-electron chi connectivity index (χ3n) is 26.9. The Hall–Kier alpha value is -2.34. The van der Waals surface area contributed by atoms with Gasteiger partial charge in [0.2, 0.25) is 0 Å². The Labute approximate surface area is 661 Å². The van der Waals surface area contributed by atoms with E-state index in [9.17, 15) is 0 Å². The molecule has 0 aromatic rings. The minimum Gasteiger partial charge on any atom is -0.0919 e. The minimum atomic E-state index is 0.297. The highest BCUT2D eigenvalue weighted by Gasteiger charge is 2.71. The molecule has 1 fully saturated rings. The number of rotatable bonds is 3. The van der Waals surface area contributed by atoms with E-state index in [1.54, 1.807) is 11.1 Å². The van der Waals surface area contributed by atoms with Crippen LogP contribution in [-0.4, -0.2) is 0 Å². The van der Waals surface area contributed by atoms with E-state index in [-0.39, 0.29) is 0 Å². The van der Waals surface area contributed by atoms with E-state index in [1.807, 2.05) is 32.9 Å². The van der Waals surface area contributed by atoms with Gasteiger partial charge in [0.05, 0.1) is 0 Å². The van der Waals surface area contributed by atoms with Gasteiger partial charge < -0.3 is 0 Å². The fraction of sp³-hybridized carbons (Fsp3) is 0.825. The van der Waals surface area contributed by atoms with Gasteiger partial charge in [-0.05, 0) is 257 Å². The van der Waals surface area contributed by atoms with Gasteiger partial charge in [0, 0.05) is 5.41 Å². The van der Waals surface area contributed by atoms with Gasteiger partial charge in [-0.1, -0.05) is 403 Å². The quantitative estimate of drug-likeness (QED) is 0.195. The maximum absolute atomic E-state index is 2.40. The Balaban J connectivity index is -0.000000116. The van der Waals surface area contributed by atoms with E-state index in [4.69, 9.17) is 0 Å². The van der Waals surface area contributed by atoms with Gasteiger partial charge in [0.15, 0.2) is 0 Å². The molecule has 0 bridgehead atoms. The van der Waals surface area contributed by atoms with Crippen LogP contribution >= 0.6 is 0 Å². The number of allylic oxidation sites excluding steroid dienone is 18. The third-order valence-corrected chi connectivity index (χ3v) is 26.9. The molecule has 0 aromatic heterocycles. The van der Waals surface area contributed by atoms with Crippen molar-refractivity contribution in [1.82, 2.24) is 0 Å². The molecule has 0 spiro atoms. The van der Waals surface area contributed by atoms with Crippen LogP contribution in [0.3, 0.4) is 0 Å². The van der Waals surface area contributed by atoms with E-state index in [1.165, 1.54) is 66.9 Å². The predicted octanol–water partition coefficient (Wildman–Crippen LogP) is 38.2. The molecular weight excluding hydrogens is 1240 g/mol. The summed E-state index contributed by atoms with van der Waals surface area (Å²) in [7, 11) is 0. The summed E-state index contributed by atoms with van der Waals surface area (Å²) in [6.07, 6.45) is 8.27. The fourth-order valence-corrected chi connectivity index (χ4v) is 8.94. The van der Waals surface area contributed by atoms with Crippen molar-refractivity contribution >= 4 is 0 Å². The first-order valence-electron chi connectivity index (χ1n) is 40.7. The molecule has 0 unspecified atom stereocenters. The molecule has 620 valence electrons. The van der Waals surface area contributed by atoms with Crippen LogP contribution in [0.4, 0.5) is 0 Å². The van der Waals surface area contributed by atoms with Crippen LogP contribution in [0, 0.1) is 92.1 Å². The van der Waals surface area contributed by atoms with Gasteiger partial charge >= 0.3 is 0 Å². The van der Waals surface area contributed by atoms with Crippen molar-refractivity contribution in [3.05, 3.63) is 102 Å². The lowest BCUT2D eigenvalue weighted by Crippen LogP contribution is -2.49. The van der Waals surface area contributed by atoms with Crippen LogP contribution in [0.2, 0.25) is 0 Å². The zero-order valence-electron chi connectivity index (χ0n) is 85.8. The van der Waals surface area contributed by atoms with Gasteiger partial charge in [-0.2, -0.15) is 0 Å². The Morgan fingerprint density at radius 3 is 0.466 bits per heavy atom. The summed E-state index contributed by atoms with van der Waals surface area (Å²) < 4.78 is 0. The standard InChI is InChI=1S/C14H30.2C12H24.C10H18.2C9H18.C8H18.C7H12.C7H14.C6H12.C5H12.C4H8/c1-11(2,3)13(7,8)14(9,10)12(4,5)6;1-9(11(3,4)5)10(2)12(6,7)8;1-9(2)10(3)12(7,8)11(4,5)6;1-7(2)9(5)10(6)8(3)4;1-7(2)8(3,4)9(7,5)6;1-7(2)8(3)9(4,5)6;1-7(2,3)8(4,5)6;1-5-6(2)7(5,3)4;1-5-6-7(2,3)4;1-5(2)6(3)4;1-5(2,3)4;1-3-4-2/h1-10H3;2*1-8H3;1-6H3;2*1-6H3;1-6H3;1-4H3;5-6H,1-4H3;1-4H3;1-4H3;3-4H,1-2H3/b;10-9-;;;;;;;;;;. The zero-order chi connectivity index (χ0) is 87.4. The third kappa shape index (κ3) is 49.4. The highest BCUT2D eigenvalue weighted by molar-refractivity contribution is 5.43. The monoisotopic (exact) mass is 1450 g/mol. The van der Waals surface area contributed by atoms with Crippen LogP contribution in [-0.2, 0) is 0 Å². The lowest BCUT2D eigenvalue weighted by Gasteiger charge is -2.57. The first-order chi connectivity index (χ1) is 43.9. The Morgan fingerprint density at radius 2 is 0.427 bits per heavy atom. The molecule has 2 aliphatic rings. The fourth-order valence-electron chi connectivity index (χ4n) is 8.94. The second-order valence-corrected chi connectivity index (χ2v) is 46.9. The number of hydrogen-bond acceptors (Lipinski definition) is 0. The summed E-state index contributed by atoms with van der Waals surface area (Å²) in [6, 6.07) is 0. The van der Waals surface area contributed by atoms with Gasteiger partial charge in [-0.15, -0.1) is 0 Å². The molecule has 0 radical (unpaired) electrons. The molecule has 2 aliphatic carbocycles. The van der Waals surface area contributed by atoms with Gasteiger partial charge in [-0.25, -0.2) is 0 Å². The smallest absolute Gasteiger partial charge is 0.00642 e. The maximum atomic E-state index is 2.40. The molecule has 0 heteroatoms. The van der Waals surface area contributed by atoms with Crippen molar-refractivity contribution in [3.63, 3.8) is 0 Å². The highest BCUT2D eigenvalue weighted by atomic mass is 14.7. The summed E-state index contributed by atoms with van der Waals surface area (Å²) >= 11 is 0. The molecule has 0 heterocycles. The second kappa shape index (κ2) is 45.7. The van der Waals surface area contributed by atoms with Crippen LogP contribution in [0.1, 0.15) is 471 Å². The van der Waals surface area contributed by atoms with Crippen LogP contribution in [0.5, 0.6) is 0 Å². The summed E-state index contributed by atoms with van der Waals surface area (Å²) in [4.78, 5) is 0. The summed E-state index contributed by atoms with van der Waals surface area (Å²) in [5, 5.41) is 0. The first kappa shape index (κ1) is 122. The molecule has 0 atom stereocenters. The Kier molecular flexibility index (Phi) is 54.0. The van der Waals surface area contributed by atoms with E-state index in [0.717, 1.165) is 0 Å². The normalized spacial score (nSPS) is 15.5. The average Bonchev–Trinajstić information content (AvgIpc) is 1.51. The van der Waals surface area contributed by atoms with Crippen molar-refractivity contribution in [2.75, 3.05) is 0 Å². The van der Waals surface area contributed by atoms with E-state index >= 15 is 0 Å². The Morgan fingerprint density at radius 1 is 0.243 bits per heavy atom. The molecule has 0 aliphatic heterocycles. The van der Waals surface area contributed by atoms with Crippen LogP contribution in [0.25, 0.3) is 0 Å². The van der Waals surface area contributed by atoms with Gasteiger partial charge in [-0.3, -0.25) is 0 Å². The molecule has 0 saturated heterocycles. The summed E-state index contributed by atoms with van der Waals surface area (Å²) in [5.41, 5.74) is 27.5. The molecule has 103 heavy (non-hydrogen) atoms. The molecule has 0 aromatic carbocycles. The minimum absolute atomic E-state index is 0.297. The summed E-state index contributed by atoms with van der Waals surface area (Å²) in [5.74, 6) is 0.